The zero-order valence-electron chi connectivity index (χ0n) is 13.3. The second kappa shape index (κ2) is 8.73. The third-order valence-electron chi connectivity index (χ3n) is 4.26. The summed E-state index contributed by atoms with van der Waals surface area (Å²) in [6.07, 6.45) is 0.856. The van der Waals surface area contributed by atoms with E-state index in [9.17, 15) is 15.3 Å². The van der Waals surface area contributed by atoms with E-state index in [2.05, 4.69) is 17.4 Å². The molecular formula is C17H27NO5. The molecule has 130 valence electrons. The zero-order valence-corrected chi connectivity index (χ0v) is 13.3. The second-order valence-corrected chi connectivity index (χ2v) is 6.10. The van der Waals surface area contributed by atoms with E-state index in [-0.39, 0.29) is 0 Å². The van der Waals surface area contributed by atoms with Gasteiger partial charge in [-0.25, -0.2) is 0 Å². The van der Waals surface area contributed by atoms with Gasteiger partial charge in [0.15, 0.2) is 0 Å². The summed E-state index contributed by atoms with van der Waals surface area (Å²) < 4.78 is 5.15. The Kier molecular flexibility index (Phi) is 6.95. The van der Waals surface area contributed by atoms with E-state index < -0.39 is 30.7 Å². The Bertz CT molecular complexity index is 458. The van der Waals surface area contributed by atoms with E-state index in [1.165, 1.54) is 5.56 Å². The highest BCUT2D eigenvalue weighted by Gasteiger charge is 2.52. The van der Waals surface area contributed by atoms with Crippen molar-refractivity contribution in [3.05, 3.63) is 35.9 Å². The SMILES string of the molecule is OC[C@@]1(O)O[C@@H](CNCCCCCc2ccccc2)[C@@H](O)[C@@H]1O. The van der Waals surface area contributed by atoms with Crippen molar-refractivity contribution >= 4 is 0 Å². The van der Waals surface area contributed by atoms with Crippen LogP contribution in [0.4, 0.5) is 0 Å². The van der Waals surface area contributed by atoms with Gasteiger partial charge in [-0.2, -0.15) is 0 Å². The van der Waals surface area contributed by atoms with Gasteiger partial charge < -0.3 is 30.5 Å². The highest BCUT2D eigenvalue weighted by Crippen LogP contribution is 2.28. The van der Waals surface area contributed by atoms with Crippen molar-refractivity contribution in [2.45, 2.75) is 49.8 Å². The van der Waals surface area contributed by atoms with Crippen LogP contribution in [-0.2, 0) is 11.2 Å². The number of rotatable bonds is 9. The number of aryl methyl sites for hydroxylation is 1. The topological polar surface area (TPSA) is 102 Å². The lowest BCUT2D eigenvalue weighted by molar-refractivity contribution is -0.245. The Morgan fingerprint density at radius 3 is 2.48 bits per heavy atom. The molecule has 0 spiro atoms. The third kappa shape index (κ3) is 4.97. The Morgan fingerprint density at radius 2 is 1.83 bits per heavy atom. The number of nitrogens with one attached hydrogen (secondary N) is 1. The van der Waals surface area contributed by atoms with Gasteiger partial charge in [0.1, 0.15) is 18.3 Å². The van der Waals surface area contributed by atoms with Gasteiger partial charge >= 0.3 is 0 Å². The van der Waals surface area contributed by atoms with Crippen molar-refractivity contribution in [2.24, 2.45) is 0 Å². The molecule has 0 aromatic heterocycles. The van der Waals surface area contributed by atoms with Crippen LogP contribution in [0.3, 0.4) is 0 Å². The first-order chi connectivity index (χ1) is 11.1. The molecule has 23 heavy (non-hydrogen) atoms. The van der Waals surface area contributed by atoms with Gasteiger partial charge in [0.2, 0.25) is 5.79 Å². The Morgan fingerprint density at radius 1 is 1.09 bits per heavy atom. The number of hydrogen-bond acceptors (Lipinski definition) is 6. The molecule has 1 heterocycles. The largest absolute Gasteiger partial charge is 0.391 e. The highest BCUT2D eigenvalue weighted by atomic mass is 16.7. The molecule has 6 heteroatoms. The van der Waals surface area contributed by atoms with Crippen molar-refractivity contribution < 1.29 is 25.2 Å². The first kappa shape index (κ1) is 18.3. The lowest BCUT2D eigenvalue weighted by Crippen LogP contribution is -2.46. The lowest BCUT2D eigenvalue weighted by Gasteiger charge is -2.22. The van der Waals surface area contributed by atoms with E-state index in [4.69, 9.17) is 9.84 Å². The number of ether oxygens (including phenoxy) is 1. The monoisotopic (exact) mass is 325 g/mol. The average Bonchev–Trinajstić information content (AvgIpc) is 2.80. The van der Waals surface area contributed by atoms with Crippen molar-refractivity contribution in [3.8, 4) is 0 Å². The number of aliphatic hydroxyl groups is 4. The van der Waals surface area contributed by atoms with Crippen LogP contribution < -0.4 is 5.32 Å². The van der Waals surface area contributed by atoms with E-state index in [0.717, 1.165) is 32.2 Å². The number of unbranched alkanes of at least 4 members (excludes halogenated alkanes) is 2. The maximum atomic E-state index is 9.80. The Labute approximate surface area is 136 Å². The quantitative estimate of drug-likeness (QED) is 0.403. The summed E-state index contributed by atoms with van der Waals surface area (Å²) in [5, 5.41) is 41.4. The number of benzene rings is 1. The summed E-state index contributed by atoms with van der Waals surface area (Å²) in [6, 6.07) is 10.4. The molecule has 1 saturated heterocycles. The normalized spacial score (nSPS) is 30.7. The molecule has 6 nitrogen and oxygen atoms in total. The average molecular weight is 325 g/mol. The first-order valence-corrected chi connectivity index (χ1v) is 8.18. The minimum atomic E-state index is -2.07. The van der Waals surface area contributed by atoms with Gasteiger partial charge in [-0.05, 0) is 31.4 Å². The Balaban J connectivity index is 1.56. The fourth-order valence-corrected chi connectivity index (χ4v) is 2.81. The molecule has 0 saturated carbocycles. The first-order valence-electron chi connectivity index (χ1n) is 8.18. The van der Waals surface area contributed by atoms with Crippen LogP contribution in [0.25, 0.3) is 0 Å². The van der Waals surface area contributed by atoms with Gasteiger partial charge in [0.25, 0.3) is 0 Å². The van der Waals surface area contributed by atoms with Gasteiger partial charge in [-0.3, -0.25) is 0 Å². The van der Waals surface area contributed by atoms with E-state index in [1.807, 2.05) is 18.2 Å². The molecule has 2 rings (SSSR count). The summed E-state index contributed by atoms with van der Waals surface area (Å²) >= 11 is 0. The van der Waals surface area contributed by atoms with E-state index >= 15 is 0 Å². The maximum absolute atomic E-state index is 9.80. The standard InChI is InChI=1S/C17H27NO5/c19-12-17(22)16(21)15(20)14(23-17)11-18-10-6-2-5-9-13-7-3-1-4-8-13/h1,3-4,7-8,14-16,18-22H,2,5-6,9-12H2/t14-,15+,16-,17+/m0/s1. The highest BCUT2D eigenvalue weighted by molar-refractivity contribution is 5.14. The predicted molar refractivity (Wildman–Crippen MR) is 85.8 cm³/mol. The van der Waals surface area contributed by atoms with Gasteiger partial charge in [-0.15, -0.1) is 0 Å². The van der Waals surface area contributed by atoms with Gasteiger partial charge in [0, 0.05) is 6.54 Å². The molecule has 0 amide bonds. The second-order valence-electron chi connectivity index (χ2n) is 6.10. The van der Waals surface area contributed by atoms with Crippen LogP contribution in [0.1, 0.15) is 24.8 Å². The van der Waals surface area contributed by atoms with Crippen LogP contribution in [0.5, 0.6) is 0 Å². The molecule has 0 bridgehead atoms. The summed E-state index contributed by atoms with van der Waals surface area (Å²) in [4.78, 5) is 0. The van der Waals surface area contributed by atoms with Crippen LogP contribution in [0.2, 0.25) is 0 Å². The van der Waals surface area contributed by atoms with Crippen molar-refractivity contribution in [1.82, 2.24) is 5.32 Å². The third-order valence-corrected chi connectivity index (χ3v) is 4.26. The predicted octanol–water partition coefficient (Wildman–Crippen LogP) is -0.210. The van der Waals surface area contributed by atoms with Crippen molar-refractivity contribution in [2.75, 3.05) is 19.7 Å². The molecule has 1 fully saturated rings. The van der Waals surface area contributed by atoms with Gasteiger partial charge in [0.05, 0.1) is 6.61 Å². The van der Waals surface area contributed by atoms with Crippen LogP contribution in [0.15, 0.2) is 30.3 Å². The molecular weight excluding hydrogens is 298 g/mol. The van der Waals surface area contributed by atoms with Gasteiger partial charge in [-0.1, -0.05) is 36.8 Å². The molecule has 1 aliphatic rings. The molecule has 4 atom stereocenters. The van der Waals surface area contributed by atoms with Crippen LogP contribution in [-0.4, -0.2) is 64.2 Å². The maximum Gasteiger partial charge on any atom is 0.219 e. The molecule has 1 aromatic carbocycles. The number of hydrogen-bond donors (Lipinski definition) is 5. The summed E-state index contributed by atoms with van der Waals surface area (Å²) in [5.74, 6) is -2.07. The van der Waals surface area contributed by atoms with Crippen LogP contribution in [0, 0.1) is 0 Å². The molecule has 0 aliphatic carbocycles. The molecule has 0 radical (unpaired) electrons. The van der Waals surface area contributed by atoms with E-state index in [0.29, 0.717) is 6.54 Å². The lowest BCUT2D eigenvalue weighted by atomic mass is 10.1. The Hall–Kier alpha value is -1.02. The molecule has 1 aliphatic heterocycles. The zero-order chi connectivity index (χ0) is 16.7. The summed E-state index contributed by atoms with van der Waals surface area (Å²) in [6.45, 7) is 0.343. The van der Waals surface area contributed by atoms with Crippen molar-refractivity contribution in [3.63, 3.8) is 0 Å². The molecule has 5 N–H and O–H groups in total. The fraction of sp³-hybridized carbons (Fsp3) is 0.647. The summed E-state index contributed by atoms with van der Waals surface area (Å²) in [7, 11) is 0. The minimum absolute atomic E-state index is 0.319. The van der Waals surface area contributed by atoms with E-state index in [1.54, 1.807) is 0 Å². The molecule has 1 aromatic rings. The summed E-state index contributed by atoms with van der Waals surface area (Å²) in [5.41, 5.74) is 1.35. The van der Waals surface area contributed by atoms with Crippen LogP contribution >= 0.6 is 0 Å². The molecule has 0 unspecified atom stereocenters. The fourth-order valence-electron chi connectivity index (χ4n) is 2.81. The smallest absolute Gasteiger partial charge is 0.219 e. The minimum Gasteiger partial charge on any atom is -0.391 e. The number of aliphatic hydroxyl groups excluding tert-OH is 3. The van der Waals surface area contributed by atoms with Crippen molar-refractivity contribution in [1.29, 1.82) is 0 Å².